The van der Waals surface area contributed by atoms with Gasteiger partial charge in [0.05, 0.1) is 0 Å². The standard InChI is InChI=1S/C13H23N5O2S/c1-5-15-12-17-10(14)9(21-12)11(20)16-7-6-8(19)18-13(2,3)4/h5-7,14H2,1-4H3,(H,15,17)(H,16,20)(H,18,19). The number of amides is 2. The SMILES string of the molecule is CCNc1nc(N)c(C(=O)NCCC(=O)NC(C)(C)C)s1. The van der Waals surface area contributed by atoms with Crippen molar-refractivity contribution in [2.24, 2.45) is 0 Å². The fraction of sp³-hybridized carbons (Fsp3) is 0.615. The molecular formula is C13H23N5O2S. The number of rotatable bonds is 6. The Morgan fingerprint density at radius 2 is 2.00 bits per heavy atom. The van der Waals surface area contributed by atoms with Crippen LogP contribution in [0.3, 0.4) is 0 Å². The summed E-state index contributed by atoms with van der Waals surface area (Å²) in [6.45, 7) is 8.62. The number of carbonyl (C=O) groups excluding carboxylic acids is 2. The smallest absolute Gasteiger partial charge is 0.265 e. The lowest BCUT2D eigenvalue weighted by Crippen LogP contribution is -2.41. The predicted octanol–water partition coefficient (Wildman–Crippen LogP) is 1.19. The van der Waals surface area contributed by atoms with Crippen molar-refractivity contribution in [2.75, 3.05) is 24.1 Å². The van der Waals surface area contributed by atoms with E-state index in [9.17, 15) is 9.59 Å². The molecule has 0 aliphatic rings. The molecule has 0 fully saturated rings. The molecule has 0 aromatic carbocycles. The lowest BCUT2D eigenvalue weighted by atomic mass is 10.1. The first kappa shape index (κ1) is 17.2. The number of anilines is 2. The average Bonchev–Trinajstić information content (AvgIpc) is 2.68. The lowest BCUT2D eigenvalue weighted by molar-refractivity contribution is -0.122. The molecule has 1 aromatic heterocycles. The van der Waals surface area contributed by atoms with Crippen molar-refractivity contribution in [3.05, 3.63) is 4.88 Å². The molecule has 0 aliphatic carbocycles. The third-order valence-electron chi connectivity index (χ3n) is 2.34. The van der Waals surface area contributed by atoms with Gasteiger partial charge in [-0.25, -0.2) is 4.98 Å². The Bertz CT molecular complexity index is 507. The molecule has 7 nitrogen and oxygen atoms in total. The summed E-state index contributed by atoms with van der Waals surface area (Å²) in [5, 5.41) is 9.13. The molecule has 1 aromatic rings. The van der Waals surface area contributed by atoms with Crippen molar-refractivity contribution in [1.29, 1.82) is 0 Å². The summed E-state index contributed by atoms with van der Waals surface area (Å²) in [4.78, 5) is 28.0. The van der Waals surface area contributed by atoms with Gasteiger partial charge in [0.2, 0.25) is 5.91 Å². The minimum Gasteiger partial charge on any atom is -0.382 e. The van der Waals surface area contributed by atoms with Crippen LogP contribution in [0.1, 0.15) is 43.8 Å². The van der Waals surface area contributed by atoms with E-state index in [1.165, 1.54) is 11.3 Å². The second-order valence-corrected chi connectivity index (χ2v) is 6.57. The Balaban J connectivity index is 2.45. The van der Waals surface area contributed by atoms with E-state index in [0.29, 0.717) is 16.6 Å². The van der Waals surface area contributed by atoms with Crippen LogP contribution in [-0.4, -0.2) is 35.4 Å². The van der Waals surface area contributed by atoms with E-state index in [0.717, 1.165) is 0 Å². The number of hydrogen-bond acceptors (Lipinski definition) is 6. The largest absolute Gasteiger partial charge is 0.382 e. The molecule has 0 saturated heterocycles. The van der Waals surface area contributed by atoms with Gasteiger partial charge in [-0.2, -0.15) is 0 Å². The van der Waals surface area contributed by atoms with Crippen LogP contribution >= 0.6 is 11.3 Å². The van der Waals surface area contributed by atoms with E-state index in [-0.39, 0.29) is 36.1 Å². The zero-order chi connectivity index (χ0) is 16.0. The van der Waals surface area contributed by atoms with Gasteiger partial charge in [-0.1, -0.05) is 11.3 Å². The highest BCUT2D eigenvalue weighted by Gasteiger charge is 2.17. The van der Waals surface area contributed by atoms with Gasteiger partial charge in [0.1, 0.15) is 10.7 Å². The van der Waals surface area contributed by atoms with Crippen molar-refractivity contribution >= 4 is 34.1 Å². The molecule has 0 spiro atoms. The quantitative estimate of drug-likeness (QED) is 0.631. The molecule has 2 amide bonds. The van der Waals surface area contributed by atoms with Gasteiger partial charge >= 0.3 is 0 Å². The summed E-state index contributed by atoms with van der Waals surface area (Å²) in [6, 6.07) is 0. The van der Waals surface area contributed by atoms with Crippen LogP contribution in [0.4, 0.5) is 10.9 Å². The van der Waals surface area contributed by atoms with Crippen molar-refractivity contribution in [2.45, 2.75) is 39.7 Å². The van der Waals surface area contributed by atoms with E-state index in [1.807, 2.05) is 27.7 Å². The van der Waals surface area contributed by atoms with Gasteiger partial charge in [0.15, 0.2) is 5.13 Å². The number of hydrogen-bond donors (Lipinski definition) is 4. The van der Waals surface area contributed by atoms with Crippen molar-refractivity contribution in [1.82, 2.24) is 15.6 Å². The van der Waals surface area contributed by atoms with Gasteiger partial charge in [-0.05, 0) is 27.7 Å². The minimum atomic E-state index is -0.308. The number of nitrogens with zero attached hydrogens (tertiary/aromatic N) is 1. The maximum absolute atomic E-state index is 12.0. The summed E-state index contributed by atoms with van der Waals surface area (Å²) >= 11 is 1.20. The first-order chi connectivity index (χ1) is 9.73. The second kappa shape index (κ2) is 7.26. The van der Waals surface area contributed by atoms with Gasteiger partial charge in [-0.15, -0.1) is 0 Å². The first-order valence-electron chi connectivity index (χ1n) is 6.82. The summed E-state index contributed by atoms with van der Waals surface area (Å²) in [5.74, 6) is -0.210. The Morgan fingerprint density at radius 3 is 2.57 bits per heavy atom. The van der Waals surface area contributed by atoms with Crippen LogP contribution < -0.4 is 21.7 Å². The molecule has 0 aliphatic heterocycles. The van der Waals surface area contributed by atoms with Crippen LogP contribution in [-0.2, 0) is 4.79 Å². The van der Waals surface area contributed by atoms with Gasteiger partial charge in [-0.3, -0.25) is 9.59 Å². The molecule has 0 saturated carbocycles. The maximum Gasteiger partial charge on any atom is 0.265 e. The predicted molar refractivity (Wildman–Crippen MR) is 85.5 cm³/mol. The van der Waals surface area contributed by atoms with Crippen LogP contribution in [0.25, 0.3) is 0 Å². The molecular weight excluding hydrogens is 290 g/mol. The lowest BCUT2D eigenvalue weighted by Gasteiger charge is -2.20. The number of carbonyl (C=O) groups is 2. The monoisotopic (exact) mass is 313 g/mol. The highest BCUT2D eigenvalue weighted by Crippen LogP contribution is 2.24. The van der Waals surface area contributed by atoms with Crippen molar-refractivity contribution in [3.63, 3.8) is 0 Å². The van der Waals surface area contributed by atoms with E-state index >= 15 is 0 Å². The van der Waals surface area contributed by atoms with E-state index < -0.39 is 0 Å². The number of aromatic nitrogens is 1. The fourth-order valence-electron chi connectivity index (χ4n) is 1.57. The Morgan fingerprint density at radius 1 is 1.33 bits per heavy atom. The molecule has 5 N–H and O–H groups in total. The number of nitrogen functional groups attached to an aromatic ring is 1. The molecule has 0 radical (unpaired) electrons. The third-order valence-corrected chi connectivity index (χ3v) is 3.37. The van der Waals surface area contributed by atoms with Crippen molar-refractivity contribution in [3.8, 4) is 0 Å². The maximum atomic E-state index is 12.0. The van der Waals surface area contributed by atoms with E-state index in [4.69, 9.17) is 5.73 Å². The zero-order valence-corrected chi connectivity index (χ0v) is 13.7. The third kappa shape index (κ3) is 5.99. The second-order valence-electron chi connectivity index (χ2n) is 5.57. The summed E-state index contributed by atoms with van der Waals surface area (Å²) < 4.78 is 0. The Labute approximate surface area is 128 Å². The molecule has 0 unspecified atom stereocenters. The summed E-state index contributed by atoms with van der Waals surface area (Å²) in [7, 11) is 0. The Hall–Kier alpha value is -1.83. The van der Waals surface area contributed by atoms with Crippen LogP contribution in [0.5, 0.6) is 0 Å². The normalized spacial score (nSPS) is 11.0. The highest BCUT2D eigenvalue weighted by molar-refractivity contribution is 7.18. The molecule has 0 atom stereocenters. The van der Waals surface area contributed by atoms with Gasteiger partial charge in [0, 0.05) is 25.0 Å². The molecule has 0 bridgehead atoms. The number of nitrogens with two attached hydrogens (primary N) is 1. The molecule has 1 rings (SSSR count). The average molecular weight is 313 g/mol. The molecule has 8 heteroatoms. The molecule has 118 valence electrons. The summed E-state index contributed by atoms with van der Waals surface area (Å²) in [6.07, 6.45) is 0.224. The number of thiazole rings is 1. The van der Waals surface area contributed by atoms with E-state index in [1.54, 1.807) is 0 Å². The van der Waals surface area contributed by atoms with Gasteiger partial charge in [0.25, 0.3) is 5.91 Å². The van der Waals surface area contributed by atoms with Crippen LogP contribution in [0, 0.1) is 0 Å². The fourth-order valence-corrected chi connectivity index (χ4v) is 2.44. The van der Waals surface area contributed by atoms with E-state index in [2.05, 4.69) is 20.9 Å². The topological polar surface area (TPSA) is 109 Å². The number of nitrogens with one attached hydrogen (secondary N) is 3. The van der Waals surface area contributed by atoms with Crippen molar-refractivity contribution < 1.29 is 9.59 Å². The molecule has 1 heterocycles. The minimum absolute atomic E-state index is 0.103. The van der Waals surface area contributed by atoms with Crippen LogP contribution in [0.2, 0.25) is 0 Å². The highest BCUT2D eigenvalue weighted by atomic mass is 32.1. The van der Waals surface area contributed by atoms with Gasteiger partial charge < -0.3 is 21.7 Å². The Kier molecular flexibility index (Phi) is 5.95. The molecule has 21 heavy (non-hydrogen) atoms. The zero-order valence-electron chi connectivity index (χ0n) is 12.9. The van der Waals surface area contributed by atoms with Crippen LogP contribution in [0.15, 0.2) is 0 Å². The summed E-state index contributed by atoms with van der Waals surface area (Å²) in [5.41, 5.74) is 5.43. The first-order valence-corrected chi connectivity index (χ1v) is 7.64.